The molecule has 0 bridgehead atoms. The molecule has 2 heterocycles. The highest BCUT2D eigenvalue weighted by Crippen LogP contribution is 2.40. The van der Waals surface area contributed by atoms with Gasteiger partial charge < -0.3 is 14.4 Å². The smallest absolute Gasteiger partial charge is 0.222 e. The van der Waals surface area contributed by atoms with Crippen LogP contribution in [0.15, 0.2) is 48.5 Å². The molecular weight excluding hydrogens is 394 g/mol. The van der Waals surface area contributed by atoms with Gasteiger partial charge in [-0.1, -0.05) is 30.3 Å². The molecule has 0 aliphatic carbocycles. The summed E-state index contributed by atoms with van der Waals surface area (Å²) >= 11 is 0. The summed E-state index contributed by atoms with van der Waals surface area (Å²) in [5, 5.41) is 0. The molecule has 0 atom stereocenters. The predicted octanol–water partition coefficient (Wildman–Crippen LogP) is 4.07. The summed E-state index contributed by atoms with van der Waals surface area (Å²) in [5.41, 5.74) is 0.706. The highest BCUT2D eigenvalue weighted by Gasteiger charge is 2.43. The Labute approximate surface area is 182 Å². The Bertz CT molecular complexity index is 977. The summed E-state index contributed by atoms with van der Waals surface area (Å²) in [6.45, 7) is 1.12. The standard InChI is InChI=1S/C25H27NO5/c1-30-19-10-11-23-20(16-19)22(28)17-25(31-23)12-14-26(15-13-25)24(29)9-5-8-21(27)18-6-3-2-4-7-18/h2-4,6-7,10-11,16H,5,8-9,12-15,17H2,1H3. The Hall–Kier alpha value is -3.15. The van der Waals surface area contributed by atoms with Gasteiger partial charge >= 0.3 is 0 Å². The first-order valence-electron chi connectivity index (χ1n) is 10.8. The van der Waals surface area contributed by atoms with E-state index in [9.17, 15) is 14.4 Å². The average molecular weight is 421 g/mol. The molecule has 4 rings (SSSR count). The number of likely N-dealkylation sites (tertiary alicyclic amines) is 1. The largest absolute Gasteiger partial charge is 0.497 e. The van der Waals surface area contributed by atoms with Crippen molar-refractivity contribution >= 4 is 17.5 Å². The van der Waals surface area contributed by atoms with E-state index in [4.69, 9.17) is 9.47 Å². The molecule has 0 aromatic heterocycles. The molecule has 1 spiro atoms. The van der Waals surface area contributed by atoms with Crippen molar-refractivity contribution in [2.45, 2.75) is 44.1 Å². The quantitative estimate of drug-likeness (QED) is 0.658. The van der Waals surface area contributed by atoms with E-state index in [0.29, 0.717) is 74.2 Å². The van der Waals surface area contributed by atoms with Gasteiger partial charge in [-0.15, -0.1) is 0 Å². The van der Waals surface area contributed by atoms with Crippen LogP contribution in [-0.2, 0) is 4.79 Å². The molecule has 1 fully saturated rings. The third-order valence-corrected chi connectivity index (χ3v) is 6.21. The van der Waals surface area contributed by atoms with Gasteiger partial charge in [0.2, 0.25) is 5.91 Å². The molecule has 1 amide bonds. The van der Waals surface area contributed by atoms with Crippen molar-refractivity contribution in [3.63, 3.8) is 0 Å². The third kappa shape index (κ3) is 4.63. The lowest BCUT2D eigenvalue weighted by Crippen LogP contribution is -2.52. The number of nitrogens with zero attached hydrogens (tertiary/aromatic N) is 1. The molecule has 0 radical (unpaired) electrons. The Kier molecular flexibility index (Phi) is 6.07. The summed E-state index contributed by atoms with van der Waals surface area (Å²) < 4.78 is 11.5. The maximum atomic E-state index is 12.7. The van der Waals surface area contributed by atoms with E-state index in [0.717, 1.165) is 0 Å². The van der Waals surface area contributed by atoms with Crippen LogP contribution in [0.2, 0.25) is 0 Å². The number of fused-ring (bicyclic) bond motifs is 1. The van der Waals surface area contributed by atoms with Crippen molar-refractivity contribution in [2.24, 2.45) is 0 Å². The van der Waals surface area contributed by atoms with Crippen LogP contribution >= 0.6 is 0 Å². The van der Waals surface area contributed by atoms with Gasteiger partial charge in [-0.2, -0.15) is 0 Å². The zero-order valence-corrected chi connectivity index (χ0v) is 17.8. The number of benzene rings is 2. The van der Waals surface area contributed by atoms with Crippen molar-refractivity contribution in [1.29, 1.82) is 0 Å². The first-order valence-corrected chi connectivity index (χ1v) is 10.8. The minimum absolute atomic E-state index is 0.0550. The highest BCUT2D eigenvalue weighted by molar-refractivity contribution is 6.00. The zero-order valence-electron chi connectivity index (χ0n) is 17.8. The fraction of sp³-hybridized carbons (Fsp3) is 0.400. The number of amides is 1. The van der Waals surface area contributed by atoms with Crippen LogP contribution in [0.1, 0.15) is 59.2 Å². The van der Waals surface area contributed by atoms with Crippen LogP contribution in [-0.4, -0.2) is 48.2 Å². The molecule has 2 aliphatic heterocycles. The second kappa shape index (κ2) is 8.92. The number of rotatable bonds is 6. The molecule has 6 heteroatoms. The maximum absolute atomic E-state index is 12.7. The number of carbonyl (C=O) groups excluding carboxylic acids is 3. The lowest BCUT2D eigenvalue weighted by molar-refractivity contribution is -0.134. The fourth-order valence-corrected chi connectivity index (χ4v) is 4.37. The first-order chi connectivity index (χ1) is 15.0. The first kappa shape index (κ1) is 21.1. The van der Waals surface area contributed by atoms with E-state index in [1.54, 1.807) is 37.4 Å². The topological polar surface area (TPSA) is 72.9 Å². The van der Waals surface area contributed by atoms with Crippen LogP contribution < -0.4 is 9.47 Å². The van der Waals surface area contributed by atoms with E-state index < -0.39 is 5.60 Å². The number of hydrogen-bond donors (Lipinski definition) is 0. The van der Waals surface area contributed by atoms with Gasteiger partial charge in [0.05, 0.1) is 19.1 Å². The molecule has 2 aromatic rings. The van der Waals surface area contributed by atoms with Crippen LogP contribution in [0.25, 0.3) is 0 Å². The van der Waals surface area contributed by atoms with Gasteiger partial charge in [-0.25, -0.2) is 0 Å². The summed E-state index contributed by atoms with van der Waals surface area (Å²) in [6, 6.07) is 14.5. The molecule has 2 aromatic carbocycles. The maximum Gasteiger partial charge on any atom is 0.222 e. The van der Waals surface area contributed by atoms with Crippen molar-refractivity contribution < 1.29 is 23.9 Å². The minimum atomic E-state index is -0.543. The molecular formula is C25H27NO5. The highest BCUT2D eigenvalue weighted by atomic mass is 16.5. The molecule has 0 saturated carbocycles. The molecule has 2 aliphatic rings. The number of ketones is 2. The normalized spacial score (nSPS) is 17.1. The second-order valence-corrected chi connectivity index (χ2v) is 8.27. The van der Waals surface area contributed by atoms with Gasteiger partial charge in [-0.3, -0.25) is 14.4 Å². The van der Waals surface area contributed by atoms with Crippen molar-refractivity contribution in [3.05, 3.63) is 59.7 Å². The Morgan fingerprint density at radius 2 is 1.81 bits per heavy atom. The van der Waals surface area contributed by atoms with Crippen LogP contribution in [0.4, 0.5) is 0 Å². The molecule has 1 saturated heterocycles. The zero-order chi connectivity index (χ0) is 21.8. The van der Waals surface area contributed by atoms with Gasteiger partial charge in [0.1, 0.15) is 17.1 Å². The van der Waals surface area contributed by atoms with Crippen LogP contribution in [0.5, 0.6) is 11.5 Å². The number of piperidine rings is 1. The third-order valence-electron chi connectivity index (χ3n) is 6.21. The number of hydrogen-bond acceptors (Lipinski definition) is 5. The number of methoxy groups -OCH3 is 1. The summed E-state index contributed by atoms with van der Waals surface area (Å²) in [7, 11) is 1.57. The second-order valence-electron chi connectivity index (χ2n) is 8.27. The van der Waals surface area contributed by atoms with E-state index in [1.165, 1.54) is 0 Å². The van der Waals surface area contributed by atoms with E-state index in [-0.39, 0.29) is 17.5 Å². The SMILES string of the molecule is COc1ccc2c(c1)C(=O)CC1(CCN(C(=O)CCCC(=O)c3ccccc3)CC1)O2. The Balaban J connectivity index is 1.28. The Morgan fingerprint density at radius 3 is 2.52 bits per heavy atom. The molecule has 0 N–H and O–H groups in total. The molecule has 6 nitrogen and oxygen atoms in total. The molecule has 0 unspecified atom stereocenters. The number of carbonyl (C=O) groups is 3. The van der Waals surface area contributed by atoms with Crippen LogP contribution in [0.3, 0.4) is 0 Å². The summed E-state index contributed by atoms with van der Waals surface area (Å²) in [5.74, 6) is 1.41. The Morgan fingerprint density at radius 1 is 1.06 bits per heavy atom. The van der Waals surface area contributed by atoms with Gasteiger partial charge in [0, 0.05) is 44.3 Å². The molecule has 31 heavy (non-hydrogen) atoms. The molecule has 162 valence electrons. The van der Waals surface area contributed by atoms with E-state index in [1.807, 2.05) is 23.1 Å². The minimum Gasteiger partial charge on any atom is -0.497 e. The number of Topliss-reactive ketones (excluding diaryl/α,β-unsaturated/α-hetero) is 2. The fourth-order valence-electron chi connectivity index (χ4n) is 4.37. The van der Waals surface area contributed by atoms with Gasteiger partial charge in [0.25, 0.3) is 0 Å². The average Bonchev–Trinajstić information content (AvgIpc) is 2.80. The van der Waals surface area contributed by atoms with Crippen molar-refractivity contribution in [2.75, 3.05) is 20.2 Å². The monoisotopic (exact) mass is 421 g/mol. The van der Waals surface area contributed by atoms with Crippen LogP contribution in [0, 0.1) is 0 Å². The number of ether oxygens (including phenoxy) is 2. The summed E-state index contributed by atoms with van der Waals surface area (Å²) in [4.78, 5) is 39.4. The lowest BCUT2D eigenvalue weighted by Gasteiger charge is -2.44. The lowest BCUT2D eigenvalue weighted by atomic mass is 9.82. The predicted molar refractivity (Wildman–Crippen MR) is 116 cm³/mol. The van der Waals surface area contributed by atoms with Crippen molar-refractivity contribution in [1.82, 2.24) is 4.90 Å². The van der Waals surface area contributed by atoms with E-state index >= 15 is 0 Å². The van der Waals surface area contributed by atoms with Gasteiger partial charge in [0.15, 0.2) is 11.6 Å². The van der Waals surface area contributed by atoms with Crippen molar-refractivity contribution in [3.8, 4) is 11.5 Å². The van der Waals surface area contributed by atoms with E-state index in [2.05, 4.69) is 0 Å². The van der Waals surface area contributed by atoms with Gasteiger partial charge in [-0.05, 0) is 24.6 Å². The summed E-state index contributed by atoms with van der Waals surface area (Å²) in [6.07, 6.45) is 2.83.